The molecule has 0 aromatic carbocycles. The maximum Gasteiger partial charge on any atom is 0.326 e. The molecule has 0 aliphatic heterocycles. The van der Waals surface area contributed by atoms with Gasteiger partial charge in [0.05, 0.1) is 0 Å². The van der Waals surface area contributed by atoms with Crippen LogP contribution >= 0.6 is 0 Å². The molecule has 2 aromatic heterocycles. The highest BCUT2D eigenvalue weighted by Gasteiger charge is 2.21. The van der Waals surface area contributed by atoms with Gasteiger partial charge in [0.25, 0.3) is 5.91 Å². The largest absolute Gasteiger partial charge is 0.480 e. The van der Waals surface area contributed by atoms with Crippen LogP contribution < -0.4 is 5.32 Å². The molecule has 2 aromatic rings. The highest BCUT2D eigenvalue weighted by molar-refractivity contribution is 5.95. The second-order valence-electron chi connectivity index (χ2n) is 4.83. The SMILES string of the molecule is C=CCCC(NC(=O)c1cn2ccc(C)cc2n1)C(=O)O. The van der Waals surface area contributed by atoms with Crippen molar-refractivity contribution in [2.24, 2.45) is 0 Å². The van der Waals surface area contributed by atoms with E-state index >= 15 is 0 Å². The van der Waals surface area contributed by atoms with Crippen LogP contribution in [0.25, 0.3) is 5.65 Å². The molecule has 6 nitrogen and oxygen atoms in total. The number of fused-ring (bicyclic) bond motifs is 1. The molecule has 0 bridgehead atoms. The summed E-state index contributed by atoms with van der Waals surface area (Å²) in [5, 5.41) is 11.6. The number of aliphatic carboxylic acids is 1. The molecule has 21 heavy (non-hydrogen) atoms. The second-order valence-corrected chi connectivity index (χ2v) is 4.83. The maximum atomic E-state index is 12.1. The van der Waals surface area contributed by atoms with E-state index in [4.69, 9.17) is 5.11 Å². The van der Waals surface area contributed by atoms with E-state index in [0.29, 0.717) is 18.5 Å². The Balaban J connectivity index is 2.16. The Morgan fingerprint density at radius 3 is 3.00 bits per heavy atom. The van der Waals surface area contributed by atoms with Gasteiger partial charge in [-0.1, -0.05) is 6.08 Å². The zero-order valence-corrected chi connectivity index (χ0v) is 11.7. The number of allylic oxidation sites excluding steroid dienone is 1. The van der Waals surface area contributed by atoms with Crippen molar-refractivity contribution < 1.29 is 14.7 Å². The van der Waals surface area contributed by atoms with E-state index in [-0.39, 0.29) is 5.69 Å². The summed E-state index contributed by atoms with van der Waals surface area (Å²) in [5.74, 6) is -1.56. The van der Waals surface area contributed by atoms with Gasteiger partial charge in [-0.3, -0.25) is 4.79 Å². The van der Waals surface area contributed by atoms with Crippen LogP contribution in [0.3, 0.4) is 0 Å². The van der Waals surface area contributed by atoms with Gasteiger partial charge < -0.3 is 14.8 Å². The van der Waals surface area contributed by atoms with Crippen LogP contribution in [0.2, 0.25) is 0 Å². The highest BCUT2D eigenvalue weighted by atomic mass is 16.4. The van der Waals surface area contributed by atoms with Crippen molar-refractivity contribution in [1.29, 1.82) is 0 Å². The van der Waals surface area contributed by atoms with Crippen LogP contribution in [0.15, 0.2) is 37.2 Å². The monoisotopic (exact) mass is 287 g/mol. The number of carbonyl (C=O) groups excluding carboxylic acids is 1. The Labute approximate surface area is 122 Å². The number of aryl methyl sites for hydroxylation is 1. The molecule has 1 atom stereocenters. The molecule has 1 amide bonds. The van der Waals surface area contributed by atoms with Crippen molar-refractivity contribution >= 4 is 17.5 Å². The van der Waals surface area contributed by atoms with Gasteiger partial charge in [-0.2, -0.15) is 0 Å². The van der Waals surface area contributed by atoms with Crippen LogP contribution in [-0.4, -0.2) is 32.4 Å². The average Bonchev–Trinajstić information content (AvgIpc) is 2.85. The number of aromatic nitrogens is 2. The zero-order valence-electron chi connectivity index (χ0n) is 11.7. The van der Waals surface area contributed by atoms with Gasteiger partial charge in [0.15, 0.2) is 0 Å². The number of amides is 1. The number of carboxylic acids is 1. The maximum absolute atomic E-state index is 12.1. The number of nitrogens with zero attached hydrogens (tertiary/aromatic N) is 2. The third-order valence-corrected chi connectivity index (χ3v) is 3.11. The summed E-state index contributed by atoms with van der Waals surface area (Å²) in [4.78, 5) is 27.4. The summed E-state index contributed by atoms with van der Waals surface area (Å²) in [6.45, 7) is 5.48. The quantitative estimate of drug-likeness (QED) is 0.793. The van der Waals surface area contributed by atoms with Gasteiger partial charge in [0, 0.05) is 12.4 Å². The number of carboxylic acid groups (broad SMARTS) is 1. The first kappa shape index (κ1) is 14.8. The molecule has 0 fully saturated rings. The molecule has 0 saturated heterocycles. The average molecular weight is 287 g/mol. The number of hydrogen-bond acceptors (Lipinski definition) is 3. The van der Waals surface area contributed by atoms with Crippen LogP contribution in [0.1, 0.15) is 28.9 Å². The summed E-state index contributed by atoms with van der Waals surface area (Å²) in [6.07, 6.45) is 5.83. The fraction of sp³-hybridized carbons (Fsp3) is 0.267. The van der Waals surface area contributed by atoms with E-state index in [2.05, 4.69) is 16.9 Å². The number of nitrogens with one attached hydrogen (secondary N) is 1. The van der Waals surface area contributed by atoms with Crippen LogP contribution in [0.5, 0.6) is 0 Å². The predicted molar refractivity (Wildman–Crippen MR) is 78.3 cm³/mol. The fourth-order valence-electron chi connectivity index (χ4n) is 1.97. The van der Waals surface area contributed by atoms with Gasteiger partial charge in [0.1, 0.15) is 17.4 Å². The molecule has 2 rings (SSSR count). The topological polar surface area (TPSA) is 83.7 Å². The summed E-state index contributed by atoms with van der Waals surface area (Å²) >= 11 is 0. The lowest BCUT2D eigenvalue weighted by atomic mass is 10.1. The lowest BCUT2D eigenvalue weighted by Crippen LogP contribution is -2.40. The van der Waals surface area contributed by atoms with Crippen molar-refractivity contribution in [3.8, 4) is 0 Å². The zero-order chi connectivity index (χ0) is 15.4. The molecule has 0 spiro atoms. The third kappa shape index (κ3) is 3.47. The predicted octanol–water partition coefficient (Wildman–Crippen LogP) is 1.79. The van der Waals surface area contributed by atoms with E-state index in [1.807, 2.05) is 19.1 Å². The van der Waals surface area contributed by atoms with E-state index in [0.717, 1.165) is 5.56 Å². The van der Waals surface area contributed by atoms with Crippen LogP contribution in [0, 0.1) is 6.92 Å². The first-order valence-corrected chi connectivity index (χ1v) is 6.61. The molecule has 6 heteroatoms. The number of imidazole rings is 1. The summed E-state index contributed by atoms with van der Waals surface area (Å²) < 4.78 is 1.72. The third-order valence-electron chi connectivity index (χ3n) is 3.11. The summed E-state index contributed by atoms with van der Waals surface area (Å²) in [6, 6.07) is 2.81. The minimum absolute atomic E-state index is 0.199. The van der Waals surface area contributed by atoms with Gasteiger partial charge >= 0.3 is 5.97 Å². The Morgan fingerprint density at radius 2 is 2.33 bits per heavy atom. The first-order chi connectivity index (χ1) is 10.0. The summed E-state index contributed by atoms with van der Waals surface area (Å²) in [7, 11) is 0. The van der Waals surface area contributed by atoms with Gasteiger partial charge in [-0.05, 0) is 37.5 Å². The number of carbonyl (C=O) groups is 2. The number of hydrogen-bond donors (Lipinski definition) is 2. The Morgan fingerprint density at radius 1 is 1.57 bits per heavy atom. The van der Waals surface area contributed by atoms with Gasteiger partial charge in [0.2, 0.25) is 0 Å². The molecule has 2 heterocycles. The van der Waals surface area contributed by atoms with E-state index in [1.54, 1.807) is 22.9 Å². The molecule has 2 N–H and O–H groups in total. The van der Waals surface area contributed by atoms with Gasteiger partial charge in [-0.15, -0.1) is 6.58 Å². The lowest BCUT2D eigenvalue weighted by Gasteiger charge is -2.12. The smallest absolute Gasteiger partial charge is 0.326 e. The van der Waals surface area contributed by atoms with E-state index in [1.165, 1.54) is 0 Å². The Bertz CT molecular complexity index is 691. The molecule has 0 radical (unpaired) electrons. The molecule has 0 aliphatic rings. The van der Waals surface area contributed by atoms with E-state index < -0.39 is 17.9 Å². The minimum Gasteiger partial charge on any atom is -0.480 e. The molecular weight excluding hydrogens is 270 g/mol. The molecule has 110 valence electrons. The standard InChI is InChI=1S/C15H17N3O3/c1-3-4-5-11(15(20)21)17-14(19)12-9-18-7-6-10(2)8-13(18)16-12/h3,6-9,11H,1,4-5H2,2H3,(H,17,19)(H,20,21). The van der Waals surface area contributed by atoms with Crippen molar-refractivity contribution in [2.45, 2.75) is 25.8 Å². The van der Waals surface area contributed by atoms with Crippen molar-refractivity contribution in [1.82, 2.24) is 14.7 Å². The van der Waals surface area contributed by atoms with Crippen molar-refractivity contribution in [2.75, 3.05) is 0 Å². The molecular formula is C15H17N3O3. The van der Waals surface area contributed by atoms with Crippen molar-refractivity contribution in [3.05, 3.63) is 48.4 Å². The summed E-state index contributed by atoms with van der Waals surface area (Å²) in [5.41, 5.74) is 1.89. The molecule has 0 aliphatic carbocycles. The molecule has 1 unspecified atom stereocenters. The van der Waals surface area contributed by atoms with Crippen LogP contribution in [-0.2, 0) is 4.79 Å². The number of pyridine rings is 1. The second kappa shape index (κ2) is 6.21. The normalized spacial score (nSPS) is 12.0. The lowest BCUT2D eigenvalue weighted by molar-refractivity contribution is -0.139. The number of rotatable bonds is 6. The Kier molecular flexibility index (Phi) is 4.37. The van der Waals surface area contributed by atoms with Crippen LogP contribution in [0.4, 0.5) is 0 Å². The van der Waals surface area contributed by atoms with Gasteiger partial charge in [-0.25, -0.2) is 9.78 Å². The fourth-order valence-corrected chi connectivity index (χ4v) is 1.97. The highest BCUT2D eigenvalue weighted by Crippen LogP contribution is 2.08. The molecule has 0 saturated carbocycles. The van der Waals surface area contributed by atoms with E-state index in [9.17, 15) is 9.59 Å². The van der Waals surface area contributed by atoms with Crippen molar-refractivity contribution in [3.63, 3.8) is 0 Å². The Hall–Kier alpha value is -2.63. The first-order valence-electron chi connectivity index (χ1n) is 6.61. The minimum atomic E-state index is -1.06.